The van der Waals surface area contributed by atoms with Gasteiger partial charge in [-0.1, -0.05) is 12.1 Å². The van der Waals surface area contributed by atoms with Crippen LogP contribution in [-0.4, -0.2) is 26.3 Å². The van der Waals surface area contributed by atoms with Gasteiger partial charge in [0.25, 0.3) is 0 Å². The normalized spacial score (nSPS) is 19.4. The summed E-state index contributed by atoms with van der Waals surface area (Å²) < 4.78 is 27.0. The first kappa shape index (κ1) is 15.6. The van der Waals surface area contributed by atoms with Gasteiger partial charge in [-0.25, -0.2) is 8.42 Å². The molecule has 114 valence electrons. The summed E-state index contributed by atoms with van der Waals surface area (Å²) in [5.74, 6) is -1.01. The molecule has 1 fully saturated rings. The van der Waals surface area contributed by atoms with E-state index in [1.54, 1.807) is 19.1 Å². The largest absolute Gasteiger partial charge is 0.326 e. The van der Waals surface area contributed by atoms with Gasteiger partial charge in [-0.15, -0.1) is 0 Å². The Bertz CT molecular complexity index is 685. The van der Waals surface area contributed by atoms with Crippen molar-refractivity contribution in [3.63, 3.8) is 0 Å². The molecule has 7 nitrogen and oxygen atoms in total. The van der Waals surface area contributed by atoms with E-state index in [1.165, 1.54) is 6.07 Å². The van der Waals surface area contributed by atoms with Crippen LogP contribution < -0.4 is 15.8 Å². The van der Waals surface area contributed by atoms with Crippen LogP contribution in [0.2, 0.25) is 0 Å². The lowest BCUT2D eigenvalue weighted by atomic mass is 10.1. The van der Waals surface area contributed by atoms with Crippen molar-refractivity contribution >= 4 is 21.8 Å². The molecule has 1 unspecified atom stereocenters. The fourth-order valence-corrected chi connectivity index (χ4v) is 3.65. The summed E-state index contributed by atoms with van der Waals surface area (Å²) in [6.07, 6.45) is 0.272. The summed E-state index contributed by atoms with van der Waals surface area (Å²) in [7, 11) is -3.83. The third-order valence-corrected chi connectivity index (χ3v) is 4.93. The van der Waals surface area contributed by atoms with Gasteiger partial charge in [0.05, 0.1) is 4.90 Å². The molecular formula is C13H17N3O4S. The summed E-state index contributed by atoms with van der Waals surface area (Å²) >= 11 is 0. The Morgan fingerprint density at radius 1 is 1.38 bits per heavy atom. The third kappa shape index (κ3) is 3.46. The van der Waals surface area contributed by atoms with Gasteiger partial charge in [0, 0.05) is 13.0 Å². The van der Waals surface area contributed by atoms with E-state index >= 15 is 0 Å². The van der Waals surface area contributed by atoms with Crippen LogP contribution in [0.25, 0.3) is 0 Å². The van der Waals surface area contributed by atoms with E-state index in [-0.39, 0.29) is 23.6 Å². The van der Waals surface area contributed by atoms with Crippen LogP contribution in [0.1, 0.15) is 24.0 Å². The number of imide groups is 1. The van der Waals surface area contributed by atoms with Crippen molar-refractivity contribution in [1.29, 1.82) is 0 Å². The highest BCUT2D eigenvalue weighted by Crippen LogP contribution is 2.18. The van der Waals surface area contributed by atoms with Crippen molar-refractivity contribution in [2.24, 2.45) is 5.73 Å². The van der Waals surface area contributed by atoms with E-state index in [9.17, 15) is 18.0 Å². The molecule has 1 aliphatic rings. The third-order valence-electron chi connectivity index (χ3n) is 3.30. The maximum absolute atomic E-state index is 12.3. The van der Waals surface area contributed by atoms with Gasteiger partial charge in [-0.3, -0.25) is 14.9 Å². The van der Waals surface area contributed by atoms with Crippen LogP contribution in [0.3, 0.4) is 0 Å². The average molecular weight is 311 g/mol. The molecule has 0 radical (unpaired) electrons. The molecule has 2 rings (SSSR count). The number of piperidine rings is 1. The minimum absolute atomic E-state index is 0.101. The van der Waals surface area contributed by atoms with Gasteiger partial charge in [0.1, 0.15) is 6.04 Å². The van der Waals surface area contributed by atoms with Gasteiger partial charge >= 0.3 is 0 Å². The lowest BCUT2D eigenvalue weighted by Crippen LogP contribution is -2.52. The number of sulfonamides is 1. The highest BCUT2D eigenvalue weighted by molar-refractivity contribution is 7.89. The van der Waals surface area contributed by atoms with Gasteiger partial charge in [-0.05, 0) is 30.5 Å². The second-order valence-electron chi connectivity index (χ2n) is 4.93. The Morgan fingerprint density at radius 3 is 2.67 bits per heavy atom. The fourth-order valence-electron chi connectivity index (χ4n) is 2.20. The van der Waals surface area contributed by atoms with Crippen LogP contribution >= 0.6 is 0 Å². The molecule has 0 aliphatic carbocycles. The monoisotopic (exact) mass is 311 g/mol. The summed E-state index contributed by atoms with van der Waals surface area (Å²) in [5, 5.41) is 2.11. The Hall–Kier alpha value is -1.77. The first-order chi connectivity index (χ1) is 9.83. The van der Waals surface area contributed by atoms with Crippen LogP contribution in [0.5, 0.6) is 0 Å². The number of rotatable bonds is 4. The molecule has 1 saturated heterocycles. The van der Waals surface area contributed by atoms with Crippen molar-refractivity contribution in [3.8, 4) is 0 Å². The van der Waals surface area contributed by atoms with E-state index in [0.717, 1.165) is 5.56 Å². The Morgan fingerprint density at radius 2 is 2.10 bits per heavy atom. The van der Waals surface area contributed by atoms with Crippen LogP contribution in [-0.2, 0) is 26.2 Å². The average Bonchev–Trinajstić information content (AvgIpc) is 2.41. The molecule has 0 saturated carbocycles. The maximum atomic E-state index is 12.3. The number of aryl methyl sites for hydroxylation is 1. The standard InChI is InChI=1S/C13H17N3O4S/c1-8-6-9(7-14)2-4-11(8)21(19,20)16-10-3-5-12(17)15-13(10)18/h2,4,6,10,16H,3,5,7,14H2,1H3,(H,15,17,18). The zero-order chi connectivity index (χ0) is 15.6. The van der Waals surface area contributed by atoms with Crippen LogP contribution in [0, 0.1) is 6.92 Å². The molecule has 1 aliphatic heterocycles. The van der Waals surface area contributed by atoms with Gasteiger partial charge in [0.2, 0.25) is 21.8 Å². The topological polar surface area (TPSA) is 118 Å². The second kappa shape index (κ2) is 5.92. The van der Waals surface area contributed by atoms with Crippen molar-refractivity contribution < 1.29 is 18.0 Å². The SMILES string of the molecule is Cc1cc(CN)ccc1S(=O)(=O)NC1CCC(=O)NC1=O. The second-order valence-corrected chi connectivity index (χ2v) is 6.61. The Kier molecular flexibility index (Phi) is 4.40. The van der Waals surface area contributed by atoms with Gasteiger partial charge in [-0.2, -0.15) is 4.72 Å². The molecule has 1 heterocycles. The molecule has 8 heteroatoms. The molecule has 0 bridgehead atoms. The molecule has 1 aromatic rings. The summed E-state index contributed by atoms with van der Waals surface area (Å²) in [4.78, 5) is 22.8. The minimum atomic E-state index is -3.83. The first-order valence-electron chi connectivity index (χ1n) is 6.49. The number of hydrogen-bond acceptors (Lipinski definition) is 5. The Labute approximate surface area is 123 Å². The molecule has 21 heavy (non-hydrogen) atoms. The number of carbonyl (C=O) groups is 2. The number of nitrogens with two attached hydrogens (primary N) is 1. The van der Waals surface area contributed by atoms with E-state index in [2.05, 4.69) is 10.0 Å². The van der Waals surface area contributed by atoms with Crippen molar-refractivity contribution in [2.45, 2.75) is 37.2 Å². The van der Waals surface area contributed by atoms with Gasteiger partial charge < -0.3 is 5.73 Å². The molecule has 0 spiro atoms. The van der Waals surface area contributed by atoms with E-state index in [0.29, 0.717) is 12.1 Å². The number of benzene rings is 1. The Balaban J connectivity index is 2.22. The summed E-state index contributed by atoms with van der Waals surface area (Å²) in [6, 6.07) is 3.86. The highest BCUT2D eigenvalue weighted by Gasteiger charge is 2.31. The molecular weight excluding hydrogens is 294 g/mol. The molecule has 0 aromatic heterocycles. The smallest absolute Gasteiger partial charge is 0.244 e. The number of carbonyl (C=O) groups excluding carboxylic acids is 2. The zero-order valence-electron chi connectivity index (χ0n) is 11.5. The number of nitrogens with one attached hydrogen (secondary N) is 2. The lowest BCUT2D eigenvalue weighted by molar-refractivity contribution is -0.134. The van der Waals surface area contributed by atoms with Crippen molar-refractivity contribution in [1.82, 2.24) is 10.0 Å². The van der Waals surface area contributed by atoms with E-state index in [1.807, 2.05) is 0 Å². The quantitative estimate of drug-likeness (QED) is 0.650. The van der Waals surface area contributed by atoms with Crippen LogP contribution in [0.4, 0.5) is 0 Å². The lowest BCUT2D eigenvalue weighted by Gasteiger charge is -2.22. The highest BCUT2D eigenvalue weighted by atomic mass is 32.2. The number of hydrogen-bond donors (Lipinski definition) is 3. The van der Waals surface area contributed by atoms with Crippen molar-refractivity contribution in [3.05, 3.63) is 29.3 Å². The molecule has 2 amide bonds. The van der Waals surface area contributed by atoms with Crippen molar-refractivity contribution in [2.75, 3.05) is 0 Å². The summed E-state index contributed by atoms with van der Waals surface area (Å²) in [6.45, 7) is 1.99. The first-order valence-corrected chi connectivity index (χ1v) is 7.97. The van der Waals surface area contributed by atoms with E-state index < -0.39 is 22.0 Å². The van der Waals surface area contributed by atoms with E-state index in [4.69, 9.17) is 5.73 Å². The fraction of sp³-hybridized carbons (Fsp3) is 0.385. The maximum Gasteiger partial charge on any atom is 0.244 e. The minimum Gasteiger partial charge on any atom is -0.326 e. The predicted molar refractivity (Wildman–Crippen MR) is 75.6 cm³/mol. The summed E-state index contributed by atoms with van der Waals surface area (Å²) in [5.41, 5.74) is 6.89. The molecule has 1 atom stereocenters. The number of amides is 2. The van der Waals surface area contributed by atoms with Gasteiger partial charge in [0.15, 0.2) is 0 Å². The zero-order valence-corrected chi connectivity index (χ0v) is 12.4. The molecule has 4 N–H and O–H groups in total. The molecule has 1 aromatic carbocycles. The predicted octanol–water partition coefficient (Wildman–Crippen LogP) is -0.463. The van der Waals surface area contributed by atoms with Crippen LogP contribution in [0.15, 0.2) is 23.1 Å².